The molecule has 9 heteroatoms. The fourth-order valence-electron chi connectivity index (χ4n) is 1.46. The number of esters is 1. The van der Waals surface area contributed by atoms with Crippen LogP contribution in [0, 0.1) is 0 Å². The van der Waals surface area contributed by atoms with Gasteiger partial charge in [0.25, 0.3) is 0 Å². The zero-order chi connectivity index (χ0) is 14.2. The number of rotatable bonds is 2. The van der Waals surface area contributed by atoms with Crippen LogP contribution in [0.25, 0.3) is 5.65 Å². The molecule has 2 N–H and O–H groups in total. The highest BCUT2D eigenvalue weighted by Gasteiger charge is 2.34. The Morgan fingerprint density at radius 3 is 2.79 bits per heavy atom. The Hall–Kier alpha value is -2.32. The molecule has 0 atom stereocenters. The van der Waals surface area contributed by atoms with E-state index in [1.165, 1.54) is 0 Å². The average molecular weight is 274 g/mol. The van der Waals surface area contributed by atoms with Crippen LogP contribution >= 0.6 is 0 Å². The van der Waals surface area contributed by atoms with Crippen molar-refractivity contribution < 1.29 is 22.7 Å². The summed E-state index contributed by atoms with van der Waals surface area (Å²) in [5, 5.41) is 3.28. The van der Waals surface area contributed by atoms with E-state index in [9.17, 15) is 18.0 Å². The summed E-state index contributed by atoms with van der Waals surface area (Å²) in [6, 6.07) is 0.741. The molecule has 2 aromatic rings. The summed E-state index contributed by atoms with van der Waals surface area (Å²) in [7, 11) is 0. The van der Waals surface area contributed by atoms with Crippen molar-refractivity contribution in [1.82, 2.24) is 14.6 Å². The number of fused-ring (bicyclic) bond motifs is 1. The van der Waals surface area contributed by atoms with Crippen molar-refractivity contribution in [2.24, 2.45) is 0 Å². The number of carbonyl (C=O) groups is 1. The number of alkyl halides is 3. The lowest BCUT2D eigenvalue weighted by Crippen LogP contribution is -2.13. The minimum Gasteiger partial charge on any atom is -0.462 e. The van der Waals surface area contributed by atoms with Gasteiger partial charge in [0.15, 0.2) is 11.3 Å². The highest BCUT2D eigenvalue weighted by atomic mass is 19.4. The van der Waals surface area contributed by atoms with Crippen LogP contribution in [-0.2, 0) is 10.9 Å². The number of anilines is 1. The molecule has 0 saturated carbocycles. The number of hydrogen-bond donors (Lipinski definition) is 1. The first kappa shape index (κ1) is 13.1. The molecule has 2 heterocycles. The minimum atomic E-state index is -4.61. The molecular formula is C10H9F3N4O2. The third kappa shape index (κ3) is 2.30. The Kier molecular flexibility index (Phi) is 3.05. The van der Waals surface area contributed by atoms with Gasteiger partial charge in [0, 0.05) is 12.3 Å². The van der Waals surface area contributed by atoms with Gasteiger partial charge < -0.3 is 10.5 Å². The Balaban J connectivity index is 2.56. The quantitative estimate of drug-likeness (QED) is 0.839. The second kappa shape index (κ2) is 4.41. The van der Waals surface area contributed by atoms with Crippen molar-refractivity contribution >= 4 is 17.4 Å². The highest BCUT2D eigenvalue weighted by molar-refractivity contribution is 5.94. The molecule has 2 rings (SSSR count). The molecule has 0 bridgehead atoms. The van der Waals surface area contributed by atoms with Gasteiger partial charge >= 0.3 is 12.1 Å². The number of halogens is 3. The lowest BCUT2D eigenvalue weighted by molar-refractivity contribution is -0.141. The molecular weight excluding hydrogens is 265 g/mol. The molecule has 102 valence electrons. The van der Waals surface area contributed by atoms with E-state index in [2.05, 4.69) is 10.1 Å². The summed E-state index contributed by atoms with van der Waals surface area (Å²) in [6.45, 7) is 1.71. The van der Waals surface area contributed by atoms with Gasteiger partial charge in [-0.25, -0.2) is 9.78 Å². The predicted molar refractivity (Wildman–Crippen MR) is 58.4 cm³/mol. The monoisotopic (exact) mass is 274 g/mol. The molecule has 0 radical (unpaired) electrons. The highest BCUT2D eigenvalue weighted by Crippen LogP contribution is 2.29. The van der Waals surface area contributed by atoms with Gasteiger partial charge in [-0.3, -0.25) is 0 Å². The SMILES string of the molecule is CCOC(=O)c1cnc2cc(C(F)(F)F)nn2c1N. The molecule has 6 nitrogen and oxygen atoms in total. The summed E-state index contributed by atoms with van der Waals surface area (Å²) in [4.78, 5) is 15.2. The smallest absolute Gasteiger partial charge is 0.435 e. The van der Waals surface area contributed by atoms with E-state index >= 15 is 0 Å². The molecule has 0 aromatic carbocycles. The van der Waals surface area contributed by atoms with Gasteiger partial charge in [-0.2, -0.15) is 22.8 Å². The number of nitrogen functional groups attached to an aromatic ring is 1. The average Bonchev–Trinajstić information content (AvgIpc) is 2.74. The van der Waals surface area contributed by atoms with E-state index in [-0.39, 0.29) is 23.6 Å². The van der Waals surface area contributed by atoms with Gasteiger partial charge in [0.1, 0.15) is 11.4 Å². The maximum atomic E-state index is 12.5. The van der Waals surface area contributed by atoms with Crippen molar-refractivity contribution in [3.8, 4) is 0 Å². The van der Waals surface area contributed by atoms with Gasteiger partial charge in [-0.1, -0.05) is 0 Å². The number of carbonyl (C=O) groups excluding carboxylic acids is 1. The van der Waals surface area contributed by atoms with E-state index < -0.39 is 17.8 Å². The van der Waals surface area contributed by atoms with Crippen molar-refractivity contribution in [1.29, 1.82) is 0 Å². The summed E-state index contributed by atoms with van der Waals surface area (Å²) in [5.74, 6) is -1.02. The van der Waals surface area contributed by atoms with E-state index in [4.69, 9.17) is 10.5 Å². The lowest BCUT2D eigenvalue weighted by Gasteiger charge is -2.05. The van der Waals surface area contributed by atoms with Crippen LogP contribution < -0.4 is 5.73 Å². The normalized spacial score (nSPS) is 11.8. The van der Waals surface area contributed by atoms with Crippen LogP contribution in [0.1, 0.15) is 23.0 Å². The molecule has 0 fully saturated rings. The molecule has 0 saturated heterocycles. The van der Waals surface area contributed by atoms with Gasteiger partial charge in [-0.05, 0) is 6.92 Å². The fraction of sp³-hybridized carbons (Fsp3) is 0.300. The summed E-state index contributed by atoms with van der Waals surface area (Å²) in [5.41, 5.74) is 4.23. The summed E-state index contributed by atoms with van der Waals surface area (Å²) in [6.07, 6.45) is -3.55. The van der Waals surface area contributed by atoms with E-state index in [0.717, 1.165) is 16.8 Å². The standard InChI is InChI=1S/C10H9F3N4O2/c1-2-19-9(18)5-4-15-7-3-6(10(11,12)13)16-17(7)8(5)14/h3-4H,2,14H2,1H3. The fourth-order valence-corrected chi connectivity index (χ4v) is 1.46. The maximum absolute atomic E-state index is 12.5. The van der Waals surface area contributed by atoms with E-state index in [1.54, 1.807) is 6.92 Å². The number of hydrogen-bond acceptors (Lipinski definition) is 5. The molecule has 2 aromatic heterocycles. The molecule has 0 unspecified atom stereocenters. The molecule has 0 aliphatic heterocycles. The Bertz CT molecular complexity index is 635. The second-order valence-electron chi connectivity index (χ2n) is 3.57. The third-order valence-corrected chi connectivity index (χ3v) is 2.31. The van der Waals surface area contributed by atoms with Gasteiger partial charge in [-0.15, -0.1) is 0 Å². The number of nitrogens with zero attached hydrogens (tertiary/aromatic N) is 3. The molecule has 19 heavy (non-hydrogen) atoms. The van der Waals surface area contributed by atoms with Crippen molar-refractivity contribution in [2.45, 2.75) is 13.1 Å². The van der Waals surface area contributed by atoms with Gasteiger partial charge in [0.2, 0.25) is 0 Å². The second-order valence-corrected chi connectivity index (χ2v) is 3.57. The molecule has 0 amide bonds. The van der Waals surface area contributed by atoms with Crippen molar-refractivity contribution in [3.63, 3.8) is 0 Å². The number of ether oxygens (including phenoxy) is 1. The largest absolute Gasteiger partial charge is 0.462 e. The first-order chi connectivity index (χ1) is 8.84. The van der Waals surface area contributed by atoms with Gasteiger partial charge in [0.05, 0.1) is 6.61 Å². The zero-order valence-corrected chi connectivity index (χ0v) is 9.73. The first-order valence-corrected chi connectivity index (χ1v) is 5.23. The topological polar surface area (TPSA) is 82.5 Å². The zero-order valence-electron chi connectivity index (χ0n) is 9.73. The Morgan fingerprint density at radius 2 is 2.21 bits per heavy atom. The molecule has 0 aliphatic carbocycles. The van der Waals surface area contributed by atoms with Crippen LogP contribution in [0.2, 0.25) is 0 Å². The predicted octanol–water partition coefficient (Wildman–Crippen LogP) is 1.51. The maximum Gasteiger partial charge on any atom is 0.435 e. The lowest BCUT2D eigenvalue weighted by atomic mass is 10.3. The Labute approximate surface area is 105 Å². The molecule has 0 aliphatic rings. The van der Waals surface area contributed by atoms with Crippen LogP contribution in [0.4, 0.5) is 19.0 Å². The number of nitrogens with two attached hydrogens (primary N) is 1. The number of aromatic nitrogens is 3. The third-order valence-electron chi connectivity index (χ3n) is 2.31. The molecule has 0 spiro atoms. The first-order valence-electron chi connectivity index (χ1n) is 5.23. The van der Waals surface area contributed by atoms with Crippen molar-refractivity contribution in [3.05, 3.63) is 23.5 Å². The van der Waals surface area contributed by atoms with Crippen LogP contribution in [0.3, 0.4) is 0 Å². The minimum absolute atomic E-state index is 0.0992. The van der Waals surface area contributed by atoms with Crippen molar-refractivity contribution in [2.75, 3.05) is 12.3 Å². The Morgan fingerprint density at radius 1 is 1.53 bits per heavy atom. The van der Waals surface area contributed by atoms with Crippen LogP contribution in [0.15, 0.2) is 12.3 Å². The van der Waals surface area contributed by atoms with Crippen LogP contribution in [-0.4, -0.2) is 27.2 Å². The van der Waals surface area contributed by atoms with E-state index in [1.807, 2.05) is 0 Å². The van der Waals surface area contributed by atoms with Crippen LogP contribution in [0.5, 0.6) is 0 Å². The van der Waals surface area contributed by atoms with E-state index in [0.29, 0.717) is 0 Å². The summed E-state index contributed by atoms with van der Waals surface area (Å²) < 4.78 is 43.0. The summed E-state index contributed by atoms with van der Waals surface area (Å²) >= 11 is 0.